The molecule has 1 aromatic rings. The average Bonchev–Trinajstić information content (AvgIpc) is 2.48. The van der Waals surface area contributed by atoms with Crippen molar-refractivity contribution in [1.29, 1.82) is 5.26 Å². The Bertz CT molecular complexity index is 696. The molecule has 0 bridgehead atoms. The zero-order chi connectivity index (χ0) is 15.4. The maximum absolute atomic E-state index is 12.5. The van der Waals surface area contributed by atoms with Crippen LogP contribution in [0.5, 0.6) is 0 Å². The first-order valence-corrected chi connectivity index (χ1v) is 6.55. The SMILES string of the molecule is CCOC(=O)C1C=NC(C)=C(c2cccc(C#N)c2)C1=O. The molecule has 0 saturated heterocycles. The molecule has 1 heterocycles. The number of rotatable bonds is 3. The second-order valence-electron chi connectivity index (χ2n) is 4.53. The van der Waals surface area contributed by atoms with Crippen LogP contribution in [0.2, 0.25) is 0 Å². The molecule has 0 N–H and O–H groups in total. The molecule has 0 fully saturated rings. The first-order valence-electron chi connectivity index (χ1n) is 6.55. The number of allylic oxidation sites excluding steroid dienone is 2. The minimum Gasteiger partial charge on any atom is -0.465 e. The summed E-state index contributed by atoms with van der Waals surface area (Å²) >= 11 is 0. The highest BCUT2D eigenvalue weighted by molar-refractivity contribution is 6.33. The monoisotopic (exact) mass is 282 g/mol. The summed E-state index contributed by atoms with van der Waals surface area (Å²) < 4.78 is 4.89. The molecule has 1 aromatic carbocycles. The number of benzene rings is 1. The van der Waals surface area contributed by atoms with Crippen molar-refractivity contribution in [3.05, 3.63) is 41.1 Å². The predicted molar refractivity (Wildman–Crippen MR) is 77.4 cm³/mol. The van der Waals surface area contributed by atoms with Gasteiger partial charge >= 0.3 is 5.97 Å². The molecule has 1 unspecified atom stereocenters. The van der Waals surface area contributed by atoms with Crippen LogP contribution in [-0.4, -0.2) is 24.6 Å². The van der Waals surface area contributed by atoms with Crippen molar-refractivity contribution in [1.82, 2.24) is 0 Å². The van der Waals surface area contributed by atoms with Crippen molar-refractivity contribution >= 4 is 23.5 Å². The van der Waals surface area contributed by atoms with E-state index in [9.17, 15) is 9.59 Å². The molecule has 2 rings (SSSR count). The fraction of sp³-hybridized carbons (Fsp3) is 0.250. The fourth-order valence-electron chi connectivity index (χ4n) is 2.15. The van der Waals surface area contributed by atoms with Gasteiger partial charge in [0.25, 0.3) is 0 Å². The highest BCUT2D eigenvalue weighted by atomic mass is 16.5. The van der Waals surface area contributed by atoms with Gasteiger partial charge in [0.05, 0.1) is 18.2 Å². The number of carbonyl (C=O) groups is 2. The summed E-state index contributed by atoms with van der Waals surface area (Å²) in [5.74, 6) is -1.97. The normalized spacial score (nSPS) is 17.6. The van der Waals surface area contributed by atoms with Gasteiger partial charge in [-0.25, -0.2) is 0 Å². The predicted octanol–water partition coefficient (Wildman–Crippen LogP) is 2.12. The van der Waals surface area contributed by atoms with Crippen LogP contribution in [0, 0.1) is 17.2 Å². The smallest absolute Gasteiger partial charge is 0.322 e. The van der Waals surface area contributed by atoms with E-state index in [2.05, 4.69) is 4.99 Å². The molecule has 5 nitrogen and oxygen atoms in total. The Kier molecular flexibility index (Phi) is 4.29. The molecular weight excluding hydrogens is 268 g/mol. The minimum absolute atomic E-state index is 0.207. The lowest BCUT2D eigenvalue weighted by atomic mass is 9.89. The van der Waals surface area contributed by atoms with Gasteiger partial charge in [0.15, 0.2) is 11.7 Å². The van der Waals surface area contributed by atoms with E-state index in [0.717, 1.165) is 0 Å². The lowest BCUT2D eigenvalue weighted by Gasteiger charge is -2.18. The molecule has 0 amide bonds. The number of nitriles is 1. The number of Topliss-reactive ketones (excluding diaryl/α,β-unsaturated/α-hetero) is 1. The van der Waals surface area contributed by atoms with Crippen molar-refractivity contribution in [2.45, 2.75) is 13.8 Å². The lowest BCUT2D eigenvalue weighted by Crippen LogP contribution is -2.30. The van der Waals surface area contributed by atoms with Crippen molar-refractivity contribution < 1.29 is 14.3 Å². The van der Waals surface area contributed by atoms with Gasteiger partial charge in [0, 0.05) is 17.5 Å². The summed E-state index contributed by atoms with van der Waals surface area (Å²) in [6.45, 7) is 3.59. The van der Waals surface area contributed by atoms with Crippen LogP contribution in [0.1, 0.15) is 25.0 Å². The number of hydrogen-bond donors (Lipinski definition) is 0. The van der Waals surface area contributed by atoms with Gasteiger partial charge in [-0.15, -0.1) is 0 Å². The third-order valence-corrected chi connectivity index (χ3v) is 3.13. The first-order chi connectivity index (χ1) is 10.1. The van der Waals surface area contributed by atoms with Gasteiger partial charge in [-0.1, -0.05) is 12.1 Å². The van der Waals surface area contributed by atoms with Crippen LogP contribution in [-0.2, 0) is 14.3 Å². The molecule has 1 aliphatic rings. The number of ether oxygens (including phenoxy) is 1. The van der Waals surface area contributed by atoms with Gasteiger partial charge in [-0.2, -0.15) is 5.26 Å². The number of ketones is 1. The number of esters is 1. The van der Waals surface area contributed by atoms with Crippen LogP contribution in [0.15, 0.2) is 35.0 Å². The Hall–Kier alpha value is -2.74. The minimum atomic E-state index is -1.02. The van der Waals surface area contributed by atoms with E-state index >= 15 is 0 Å². The molecule has 0 radical (unpaired) electrons. The van der Waals surface area contributed by atoms with E-state index < -0.39 is 11.9 Å². The number of aliphatic imine (C=N–C) groups is 1. The Morgan fingerprint density at radius 3 is 2.90 bits per heavy atom. The average molecular weight is 282 g/mol. The Morgan fingerprint density at radius 1 is 1.48 bits per heavy atom. The third kappa shape index (κ3) is 2.90. The van der Waals surface area contributed by atoms with E-state index in [4.69, 9.17) is 10.00 Å². The maximum Gasteiger partial charge on any atom is 0.322 e. The lowest BCUT2D eigenvalue weighted by molar-refractivity contribution is -0.147. The highest BCUT2D eigenvalue weighted by Gasteiger charge is 2.33. The molecule has 5 heteroatoms. The summed E-state index contributed by atoms with van der Waals surface area (Å²) in [5, 5.41) is 8.95. The quantitative estimate of drug-likeness (QED) is 0.628. The summed E-state index contributed by atoms with van der Waals surface area (Å²) in [6.07, 6.45) is 1.31. The van der Waals surface area contributed by atoms with Crippen LogP contribution in [0.4, 0.5) is 0 Å². The fourth-order valence-corrected chi connectivity index (χ4v) is 2.15. The largest absolute Gasteiger partial charge is 0.465 e. The van der Waals surface area contributed by atoms with E-state index in [1.54, 1.807) is 38.1 Å². The molecule has 1 aliphatic heterocycles. The van der Waals surface area contributed by atoms with Gasteiger partial charge in [0.2, 0.25) is 0 Å². The zero-order valence-electron chi connectivity index (χ0n) is 11.8. The van der Waals surface area contributed by atoms with Gasteiger partial charge in [-0.05, 0) is 31.5 Å². The summed E-state index contributed by atoms with van der Waals surface area (Å²) in [4.78, 5) is 28.5. The molecule has 0 spiro atoms. The number of carbonyl (C=O) groups excluding carboxylic acids is 2. The molecule has 0 saturated carbocycles. The maximum atomic E-state index is 12.5. The zero-order valence-corrected chi connectivity index (χ0v) is 11.8. The second kappa shape index (κ2) is 6.14. The summed E-state index contributed by atoms with van der Waals surface area (Å²) in [5.41, 5.74) is 1.91. The van der Waals surface area contributed by atoms with Crippen molar-refractivity contribution in [2.75, 3.05) is 6.61 Å². The van der Waals surface area contributed by atoms with E-state index in [0.29, 0.717) is 22.4 Å². The summed E-state index contributed by atoms with van der Waals surface area (Å²) in [7, 11) is 0. The molecule has 106 valence electrons. The highest BCUT2D eigenvalue weighted by Crippen LogP contribution is 2.27. The molecule has 0 aromatic heterocycles. The third-order valence-electron chi connectivity index (χ3n) is 3.13. The van der Waals surface area contributed by atoms with Crippen molar-refractivity contribution in [2.24, 2.45) is 10.9 Å². The Balaban J connectivity index is 2.42. The van der Waals surface area contributed by atoms with Crippen LogP contribution in [0.25, 0.3) is 5.57 Å². The first kappa shape index (κ1) is 14.7. The van der Waals surface area contributed by atoms with Crippen molar-refractivity contribution in [3.63, 3.8) is 0 Å². The van der Waals surface area contributed by atoms with Crippen LogP contribution >= 0.6 is 0 Å². The van der Waals surface area contributed by atoms with Crippen molar-refractivity contribution in [3.8, 4) is 6.07 Å². The molecule has 1 atom stereocenters. The topological polar surface area (TPSA) is 79.5 Å². The molecular formula is C16H14N2O3. The Morgan fingerprint density at radius 2 is 2.24 bits per heavy atom. The van der Waals surface area contributed by atoms with E-state index in [1.165, 1.54) is 6.21 Å². The van der Waals surface area contributed by atoms with Gasteiger partial charge in [-0.3, -0.25) is 14.6 Å². The number of hydrogen-bond acceptors (Lipinski definition) is 5. The second-order valence-corrected chi connectivity index (χ2v) is 4.53. The standard InChI is InChI=1S/C16H14N2O3/c1-3-21-16(20)13-9-18-10(2)14(15(13)19)12-6-4-5-11(7-12)8-17/h4-7,9,13H,3H2,1-2H3. The van der Waals surface area contributed by atoms with Gasteiger partial charge < -0.3 is 4.74 Å². The Labute approximate surface area is 122 Å². The van der Waals surface area contributed by atoms with Crippen LogP contribution in [0.3, 0.4) is 0 Å². The summed E-state index contributed by atoms with van der Waals surface area (Å²) in [6, 6.07) is 8.71. The molecule has 0 aliphatic carbocycles. The van der Waals surface area contributed by atoms with E-state index in [-0.39, 0.29) is 12.4 Å². The van der Waals surface area contributed by atoms with E-state index in [1.807, 2.05) is 6.07 Å². The number of nitrogens with zero attached hydrogens (tertiary/aromatic N) is 2. The van der Waals surface area contributed by atoms with Gasteiger partial charge in [0.1, 0.15) is 0 Å². The molecule has 21 heavy (non-hydrogen) atoms. The van der Waals surface area contributed by atoms with Crippen LogP contribution < -0.4 is 0 Å².